The lowest BCUT2D eigenvalue weighted by Crippen LogP contribution is -2.07. The number of hydrogen-bond donors (Lipinski definition) is 1. The lowest BCUT2D eigenvalue weighted by atomic mass is 10.1. The molecule has 5 heteroatoms. The number of nitrogens with zero attached hydrogens (tertiary/aromatic N) is 2. The van der Waals surface area contributed by atoms with E-state index in [-0.39, 0.29) is 0 Å². The predicted octanol–water partition coefficient (Wildman–Crippen LogP) is 5.53. The Morgan fingerprint density at radius 2 is 1.90 bits per heavy atom. The topological polar surface area (TPSA) is 37.8 Å². The first-order chi connectivity index (χ1) is 9.93. The van der Waals surface area contributed by atoms with Crippen molar-refractivity contribution in [2.45, 2.75) is 33.6 Å². The molecule has 0 saturated carbocycles. The molecular formula is C16H19Br2N3. The fourth-order valence-electron chi connectivity index (χ4n) is 2.05. The Kier molecular flexibility index (Phi) is 5.38. The summed E-state index contributed by atoms with van der Waals surface area (Å²) in [6.07, 6.45) is 0. The quantitative estimate of drug-likeness (QED) is 0.716. The minimum Gasteiger partial charge on any atom is -0.369 e. The van der Waals surface area contributed by atoms with Gasteiger partial charge in [-0.2, -0.15) is 0 Å². The highest BCUT2D eigenvalue weighted by atomic mass is 79.9. The molecule has 1 N–H and O–H groups in total. The van der Waals surface area contributed by atoms with Crippen molar-refractivity contribution in [1.29, 1.82) is 0 Å². The van der Waals surface area contributed by atoms with Gasteiger partial charge in [0.15, 0.2) is 5.82 Å². The molecule has 0 unspecified atom stereocenters. The Morgan fingerprint density at radius 1 is 1.19 bits per heavy atom. The van der Waals surface area contributed by atoms with Gasteiger partial charge in [-0.05, 0) is 53.4 Å². The molecule has 2 rings (SSSR count). The van der Waals surface area contributed by atoms with Gasteiger partial charge in [-0.15, -0.1) is 0 Å². The Hall–Kier alpha value is -0.940. The van der Waals surface area contributed by atoms with Crippen LogP contribution in [0.3, 0.4) is 0 Å². The molecule has 0 saturated heterocycles. The molecule has 1 aromatic heterocycles. The first-order valence-electron chi connectivity index (χ1n) is 7.01. The third-order valence-corrected chi connectivity index (χ3v) is 4.57. The zero-order valence-electron chi connectivity index (χ0n) is 12.7. The predicted molar refractivity (Wildman–Crippen MR) is 95.9 cm³/mol. The van der Waals surface area contributed by atoms with E-state index < -0.39 is 0 Å². The first-order valence-corrected chi connectivity index (χ1v) is 8.60. The molecule has 1 heterocycles. The summed E-state index contributed by atoms with van der Waals surface area (Å²) in [6.45, 7) is 9.22. The molecule has 0 aliphatic rings. The van der Waals surface area contributed by atoms with E-state index in [0.29, 0.717) is 5.92 Å². The van der Waals surface area contributed by atoms with Crippen LogP contribution in [0.5, 0.6) is 0 Å². The van der Waals surface area contributed by atoms with Crippen LogP contribution in [0, 0.1) is 6.92 Å². The van der Waals surface area contributed by atoms with E-state index in [1.807, 2.05) is 0 Å². The molecule has 0 aliphatic carbocycles. The van der Waals surface area contributed by atoms with Crippen LogP contribution in [0.2, 0.25) is 0 Å². The van der Waals surface area contributed by atoms with Gasteiger partial charge in [0.05, 0.1) is 10.2 Å². The molecule has 3 nitrogen and oxygen atoms in total. The summed E-state index contributed by atoms with van der Waals surface area (Å²) in [5.74, 6) is 1.91. The zero-order valence-corrected chi connectivity index (χ0v) is 15.8. The highest BCUT2D eigenvalue weighted by molar-refractivity contribution is 9.11. The number of aromatic nitrogens is 2. The van der Waals surface area contributed by atoms with Crippen molar-refractivity contribution < 1.29 is 0 Å². The molecule has 112 valence electrons. The van der Waals surface area contributed by atoms with Crippen molar-refractivity contribution in [3.63, 3.8) is 0 Å². The monoisotopic (exact) mass is 411 g/mol. The van der Waals surface area contributed by atoms with Crippen LogP contribution in [0.25, 0.3) is 11.4 Å². The number of benzene rings is 1. The summed E-state index contributed by atoms with van der Waals surface area (Å²) in [7, 11) is 0. The van der Waals surface area contributed by atoms with Crippen molar-refractivity contribution in [3.05, 3.63) is 38.4 Å². The molecule has 0 bridgehead atoms. The van der Waals surface area contributed by atoms with Crippen molar-refractivity contribution >= 4 is 37.7 Å². The van der Waals surface area contributed by atoms with E-state index in [0.717, 1.165) is 38.4 Å². The molecule has 1 aromatic carbocycles. The first kappa shape index (κ1) is 16.4. The van der Waals surface area contributed by atoms with E-state index in [4.69, 9.17) is 4.98 Å². The van der Waals surface area contributed by atoms with Crippen molar-refractivity contribution in [2.24, 2.45) is 0 Å². The van der Waals surface area contributed by atoms with Crippen molar-refractivity contribution in [3.8, 4) is 11.4 Å². The summed E-state index contributed by atoms with van der Waals surface area (Å²) in [5, 5.41) is 3.30. The largest absolute Gasteiger partial charge is 0.369 e. The molecule has 0 radical (unpaired) electrons. The molecule has 0 aliphatic heterocycles. The van der Waals surface area contributed by atoms with Gasteiger partial charge in [-0.3, -0.25) is 0 Å². The highest BCUT2D eigenvalue weighted by Crippen LogP contribution is 2.33. The van der Waals surface area contributed by atoms with Gasteiger partial charge in [0, 0.05) is 16.6 Å². The Morgan fingerprint density at radius 3 is 2.48 bits per heavy atom. The molecular weight excluding hydrogens is 394 g/mol. The SMILES string of the molecule is CCNc1nc(-c2ccc(C)cc2Br)nc(C(C)C)c1Br. The Balaban J connectivity index is 2.62. The summed E-state index contributed by atoms with van der Waals surface area (Å²) >= 11 is 7.24. The van der Waals surface area contributed by atoms with Crippen molar-refractivity contribution in [2.75, 3.05) is 11.9 Å². The van der Waals surface area contributed by atoms with Crippen molar-refractivity contribution in [1.82, 2.24) is 9.97 Å². The molecule has 2 aromatic rings. The number of halogens is 2. The van der Waals surface area contributed by atoms with Crippen LogP contribution >= 0.6 is 31.9 Å². The van der Waals surface area contributed by atoms with Gasteiger partial charge in [0.25, 0.3) is 0 Å². The maximum absolute atomic E-state index is 4.75. The average Bonchev–Trinajstić information content (AvgIpc) is 2.41. The fraction of sp³-hybridized carbons (Fsp3) is 0.375. The summed E-state index contributed by atoms with van der Waals surface area (Å²) in [6, 6.07) is 6.22. The summed E-state index contributed by atoms with van der Waals surface area (Å²) < 4.78 is 1.97. The Labute approximate surface area is 142 Å². The Bertz CT molecular complexity index is 654. The number of aryl methyl sites for hydroxylation is 1. The smallest absolute Gasteiger partial charge is 0.162 e. The second kappa shape index (κ2) is 6.88. The van der Waals surface area contributed by atoms with Gasteiger partial charge in [-0.25, -0.2) is 9.97 Å². The lowest BCUT2D eigenvalue weighted by Gasteiger charge is -2.15. The third-order valence-electron chi connectivity index (χ3n) is 3.13. The zero-order chi connectivity index (χ0) is 15.6. The van der Waals surface area contributed by atoms with Gasteiger partial charge in [-0.1, -0.05) is 35.8 Å². The lowest BCUT2D eigenvalue weighted by molar-refractivity contribution is 0.809. The van der Waals surface area contributed by atoms with Gasteiger partial charge < -0.3 is 5.32 Å². The average molecular weight is 413 g/mol. The van der Waals surface area contributed by atoms with Gasteiger partial charge >= 0.3 is 0 Å². The van der Waals surface area contributed by atoms with Crippen LogP contribution < -0.4 is 5.32 Å². The van der Waals surface area contributed by atoms with Gasteiger partial charge in [0.2, 0.25) is 0 Å². The summed E-state index contributed by atoms with van der Waals surface area (Å²) in [5.41, 5.74) is 3.23. The normalized spacial score (nSPS) is 11.0. The fourth-order valence-corrected chi connectivity index (χ4v) is 3.50. The molecule has 0 spiro atoms. The van der Waals surface area contributed by atoms with E-state index in [1.54, 1.807) is 0 Å². The van der Waals surface area contributed by atoms with Crippen LogP contribution in [-0.2, 0) is 0 Å². The highest BCUT2D eigenvalue weighted by Gasteiger charge is 2.16. The second-order valence-electron chi connectivity index (χ2n) is 5.26. The maximum Gasteiger partial charge on any atom is 0.162 e. The molecule has 0 amide bonds. The standard InChI is InChI=1S/C16H19Br2N3/c1-5-19-16-13(18)14(9(2)3)20-15(21-16)11-7-6-10(4)8-12(11)17/h6-9H,5H2,1-4H3,(H,19,20,21). The molecule has 0 fully saturated rings. The third kappa shape index (κ3) is 3.64. The van der Waals surface area contributed by atoms with Crippen LogP contribution in [0.4, 0.5) is 5.82 Å². The van der Waals surface area contributed by atoms with E-state index in [2.05, 4.69) is 88.1 Å². The number of rotatable bonds is 4. The van der Waals surface area contributed by atoms with Crippen LogP contribution in [-0.4, -0.2) is 16.5 Å². The minimum atomic E-state index is 0.322. The van der Waals surface area contributed by atoms with E-state index in [1.165, 1.54) is 5.56 Å². The molecule has 0 atom stereocenters. The number of hydrogen-bond acceptors (Lipinski definition) is 3. The van der Waals surface area contributed by atoms with E-state index in [9.17, 15) is 0 Å². The number of anilines is 1. The number of nitrogens with one attached hydrogen (secondary N) is 1. The second-order valence-corrected chi connectivity index (χ2v) is 6.91. The minimum absolute atomic E-state index is 0.322. The van der Waals surface area contributed by atoms with Crippen LogP contribution in [0.15, 0.2) is 27.1 Å². The van der Waals surface area contributed by atoms with Gasteiger partial charge in [0.1, 0.15) is 5.82 Å². The van der Waals surface area contributed by atoms with Crippen LogP contribution in [0.1, 0.15) is 37.9 Å². The summed E-state index contributed by atoms with van der Waals surface area (Å²) in [4.78, 5) is 9.41. The maximum atomic E-state index is 4.75. The van der Waals surface area contributed by atoms with E-state index >= 15 is 0 Å². The molecule has 21 heavy (non-hydrogen) atoms.